The van der Waals surface area contributed by atoms with Crippen molar-refractivity contribution in [3.8, 4) is 0 Å². The summed E-state index contributed by atoms with van der Waals surface area (Å²) in [7, 11) is 0. The first-order valence-electron chi connectivity index (χ1n) is 7.72. The van der Waals surface area contributed by atoms with E-state index in [1.54, 1.807) is 0 Å². The predicted octanol–water partition coefficient (Wildman–Crippen LogP) is 5.35. The zero-order chi connectivity index (χ0) is 14.8. The van der Waals surface area contributed by atoms with Crippen molar-refractivity contribution in [1.82, 2.24) is 4.98 Å². The molecule has 0 saturated heterocycles. The maximum absolute atomic E-state index is 4.62. The molecule has 0 atom stereocenters. The number of aromatic nitrogens is 1. The Kier molecular flexibility index (Phi) is 2.35. The third-order valence-corrected chi connectivity index (χ3v) is 5.06. The zero-order valence-electron chi connectivity index (χ0n) is 13.2. The van der Waals surface area contributed by atoms with Gasteiger partial charge in [0.05, 0.1) is 5.52 Å². The summed E-state index contributed by atoms with van der Waals surface area (Å²) in [6.45, 7) is 9.49. The summed E-state index contributed by atoms with van der Waals surface area (Å²) >= 11 is 0. The lowest BCUT2D eigenvalue weighted by molar-refractivity contribution is 0.404. The van der Waals surface area contributed by atoms with Crippen LogP contribution in [0.3, 0.4) is 0 Å². The summed E-state index contributed by atoms with van der Waals surface area (Å²) < 4.78 is 0. The number of hydrogen-bond acceptors (Lipinski definition) is 1. The lowest BCUT2D eigenvalue weighted by Gasteiger charge is -2.23. The quantitative estimate of drug-likeness (QED) is 0.504. The molecule has 2 aromatic carbocycles. The van der Waals surface area contributed by atoms with E-state index >= 15 is 0 Å². The van der Waals surface area contributed by atoms with Crippen LogP contribution in [0.1, 0.15) is 45.2 Å². The van der Waals surface area contributed by atoms with Crippen LogP contribution in [0.15, 0.2) is 42.6 Å². The average Bonchev–Trinajstić information content (AvgIpc) is 2.63. The van der Waals surface area contributed by atoms with Gasteiger partial charge >= 0.3 is 0 Å². The Morgan fingerprint density at radius 1 is 0.857 bits per heavy atom. The largest absolute Gasteiger partial charge is 0.256 e. The van der Waals surface area contributed by atoms with Crippen LogP contribution in [0, 0.1) is 0 Å². The van der Waals surface area contributed by atoms with Gasteiger partial charge in [0.2, 0.25) is 0 Å². The molecule has 0 N–H and O–H groups in total. The van der Waals surface area contributed by atoms with E-state index in [0.717, 1.165) is 5.52 Å². The summed E-state index contributed by atoms with van der Waals surface area (Å²) in [5, 5.41) is 3.90. The highest BCUT2D eigenvalue weighted by molar-refractivity contribution is 6.07. The molecule has 1 aliphatic rings. The molecule has 0 radical (unpaired) electrons. The summed E-state index contributed by atoms with van der Waals surface area (Å²) in [5.74, 6) is 0. The number of rotatable bonds is 0. The van der Waals surface area contributed by atoms with Gasteiger partial charge in [-0.3, -0.25) is 4.98 Å². The third kappa shape index (κ3) is 1.67. The third-order valence-electron chi connectivity index (χ3n) is 5.06. The van der Waals surface area contributed by atoms with E-state index in [1.807, 2.05) is 12.3 Å². The topological polar surface area (TPSA) is 12.9 Å². The molecule has 1 aliphatic carbocycles. The highest BCUT2D eigenvalue weighted by atomic mass is 14.6. The van der Waals surface area contributed by atoms with Gasteiger partial charge in [-0.15, -0.1) is 0 Å². The summed E-state index contributed by atoms with van der Waals surface area (Å²) in [6.07, 6.45) is 3.10. The summed E-state index contributed by atoms with van der Waals surface area (Å²) in [6, 6.07) is 13.3. The first kappa shape index (κ1) is 12.8. The van der Waals surface area contributed by atoms with Crippen LogP contribution in [0.25, 0.3) is 21.7 Å². The molecule has 1 heteroatoms. The molecule has 1 nitrogen and oxygen atoms in total. The summed E-state index contributed by atoms with van der Waals surface area (Å²) in [5.41, 5.74) is 4.64. The number of nitrogens with zero attached hydrogens (tertiary/aromatic N) is 1. The fraction of sp³-hybridized carbons (Fsp3) is 0.350. The van der Waals surface area contributed by atoms with Gasteiger partial charge in [-0.1, -0.05) is 58.0 Å². The van der Waals surface area contributed by atoms with Crippen LogP contribution in [0.5, 0.6) is 0 Å². The van der Waals surface area contributed by atoms with E-state index in [-0.39, 0.29) is 10.8 Å². The number of benzene rings is 2. The van der Waals surface area contributed by atoms with Gasteiger partial charge in [0, 0.05) is 17.0 Å². The maximum Gasteiger partial charge on any atom is 0.0780 e. The fourth-order valence-electron chi connectivity index (χ4n) is 4.53. The second-order valence-electron chi connectivity index (χ2n) is 7.67. The van der Waals surface area contributed by atoms with E-state index in [0.29, 0.717) is 0 Å². The van der Waals surface area contributed by atoms with Crippen molar-refractivity contribution in [1.29, 1.82) is 0 Å². The normalized spacial score (nSPS) is 19.0. The van der Waals surface area contributed by atoms with Gasteiger partial charge in [-0.2, -0.15) is 0 Å². The van der Waals surface area contributed by atoms with Crippen molar-refractivity contribution in [2.24, 2.45) is 0 Å². The highest BCUT2D eigenvalue weighted by Crippen LogP contribution is 2.52. The minimum atomic E-state index is 0.223. The monoisotopic (exact) mass is 275 g/mol. The van der Waals surface area contributed by atoms with E-state index in [9.17, 15) is 0 Å². The molecule has 1 heterocycles. The van der Waals surface area contributed by atoms with Gasteiger partial charge in [0.15, 0.2) is 0 Å². The van der Waals surface area contributed by atoms with E-state index in [4.69, 9.17) is 0 Å². The van der Waals surface area contributed by atoms with Crippen molar-refractivity contribution >= 4 is 21.7 Å². The summed E-state index contributed by atoms with van der Waals surface area (Å²) in [4.78, 5) is 4.62. The Morgan fingerprint density at radius 2 is 1.62 bits per heavy atom. The van der Waals surface area contributed by atoms with Gasteiger partial charge in [0.1, 0.15) is 0 Å². The molecule has 0 bridgehead atoms. The molecular weight excluding hydrogens is 254 g/mol. The Hall–Kier alpha value is -1.89. The van der Waals surface area contributed by atoms with Gasteiger partial charge < -0.3 is 0 Å². The Balaban J connectivity index is 2.19. The molecule has 0 amide bonds. The van der Waals surface area contributed by atoms with E-state index in [2.05, 4.69) is 63.0 Å². The van der Waals surface area contributed by atoms with Crippen molar-refractivity contribution < 1.29 is 0 Å². The lowest BCUT2D eigenvalue weighted by atomic mass is 9.81. The molecule has 0 fully saturated rings. The first-order valence-corrected chi connectivity index (χ1v) is 7.72. The second-order valence-corrected chi connectivity index (χ2v) is 7.67. The van der Waals surface area contributed by atoms with Crippen molar-refractivity contribution in [3.05, 3.63) is 53.7 Å². The Bertz CT molecular complexity index is 872. The van der Waals surface area contributed by atoms with Gasteiger partial charge in [0.25, 0.3) is 0 Å². The van der Waals surface area contributed by atoms with Crippen LogP contribution >= 0.6 is 0 Å². The number of hydrogen-bond donors (Lipinski definition) is 0. The van der Waals surface area contributed by atoms with Crippen LogP contribution in [-0.2, 0) is 10.8 Å². The van der Waals surface area contributed by atoms with E-state index < -0.39 is 0 Å². The molecule has 0 saturated carbocycles. The molecule has 21 heavy (non-hydrogen) atoms. The fourth-order valence-corrected chi connectivity index (χ4v) is 4.53. The minimum absolute atomic E-state index is 0.223. The Labute approximate surface area is 126 Å². The van der Waals surface area contributed by atoms with Gasteiger partial charge in [-0.05, 0) is 39.8 Å². The minimum Gasteiger partial charge on any atom is -0.256 e. The van der Waals surface area contributed by atoms with Crippen molar-refractivity contribution in [2.75, 3.05) is 0 Å². The molecule has 1 aromatic heterocycles. The van der Waals surface area contributed by atoms with Crippen LogP contribution in [0.4, 0.5) is 0 Å². The molecule has 3 aromatic rings. The zero-order valence-corrected chi connectivity index (χ0v) is 13.2. The standard InChI is InChI=1S/C20H21N/c1-19(2)12-20(3,4)17-14-8-7-13-6-5-11-21-18(13)15(14)9-10-16(17)19/h5-11H,12H2,1-4H3. The van der Waals surface area contributed by atoms with Crippen molar-refractivity contribution in [3.63, 3.8) is 0 Å². The predicted molar refractivity (Wildman–Crippen MR) is 89.9 cm³/mol. The van der Waals surface area contributed by atoms with Crippen LogP contribution in [0.2, 0.25) is 0 Å². The second kappa shape index (κ2) is 3.85. The molecule has 0 spiro atoms. The molecular formula is C20H21N. The SMILES string of the molecule is CC1(C)CC(C)(C)c2c1ccc1c2ccc2cccnc21. The van der Waals surface area contributed by atoms with Gasteiger partial charge in [-0.25, -0.2) is 0 Å². The molecule has 106 valence electrons. The molecule has 0 aliphatic heterocycles. The highest BCUT2D eigenvalue weighted by Gasteiger charge is 2.42. The van der Waals surface area contributed by atoms with E-state index in [1.165, 1.54) is 33.7 Å². The Morgan fingerprint density at radius 3 is 2.43 bits per heavy atom. The molecule has 4 rings (SSSR count). The number of fused-ring (bicyclic) bond motifs is 5. The number of pyridine rings is 1. The first-order chi connectivity index (χ1) is 9.90. The van der Waals surface area contributed by atoms with Crippen LogP contribution in [-0.4, -0.2) is 4.98 Å². The van der Waals surface area contributed by atoms with Crippen LogP contribution < -0.4 is 0 Å². The smallest absolute Gasteiger partial charge is 0.0780 e. The molecule has 0 unspecified atom stereocenters. The van der Waals surface area contributed by atoms with Crippen molar-refractivity contribution in [2.45, 2.75) is 44.9 Å². The average molecular weight is 275 g/mol. The maximum atomic E-state index is 4.62. The lowest BCUT2D eigenvalue weighted by Crippen LogP contribution is -2.18.